The lowest BCUT2D eigenvalue weighted by atomic mass is 9.73. The van der Waals surface area contributed by atoms with Gasteiger partial charge in [0.25, 0.3) is 0 Å². The number of hydrogen-bond donors (Lipinski definition) is 3. The van der Waals surface area contributed by atoms with E-state index in [1.807, 2.05) is 11.0 Å². The fraction of sp³-hybridized carbons (Fsp3) is 0.385. The molecule has 3 aliphatic rings. The molecule has 0 amide bonds. The molecule has 190 valence electrons. The Kier molecular flexibility index (Phi) is 5.54. The van der Waals surface area contributed by atoms with Crippen LogP contribution in [0.3, 0.4) is 0 Å². The Hall–Kier alpha value is -2.92. The molecule has 1 spiro atoms. The third-order valence-corrected chi connectivity index (χ3v) is 9.49. The molecule has 0 bridgehead atoms. The van der Waals surface area contributed by atoms with Gasteiger partial charge < -0.3 is 25.6 Å². The first-order chi connectivity index (χ1) is 18.0. The summed E-state index contributed by atoms with van der Waals surface area (Å²) in [5.74, 6) is 1.48. The molecule has 5 heterocycles. The van der Waals surface area contributed by atoms with Crippen molar-refractivity contribution in [1.29, 1.82) is 0 Å². The number of aliphatic hydroxyl groups is 1. The van der Waals surface area contributed by atoms with Gasteiger partial charge in [-0.3, -0.25) is 0 Å². The minimum Gasteiger partial charge on any atom is -0.389 e. The lowest BCUT2D eigenvalue weighted by molar-refractivity contribution is 0.141. The first kappa shape index (κ1) is 23.2. The number of aromatic amines is 1. The highest BCUT2D eigenvalue weighted by Crippen LogP contribution is 2.51. The molecule has 1 aliphatic carbocycles. The van der Waals surface area contributed by atoms with E-state index >= 15 is 0 Å². The Morgan fingerprint density at radius 2 is 1.89 bits per heavy atom. The van der Waals surface area contributed by atoms with Crippen molar-refractivity contribution in [3.63, 3.8) is 0 Å². The van der Waals surface area contributed by atoms with Crippen LogP contribution in [0.4, 0.5) is 11.8 Å². The van der Waals surface area contributed by atoms with Gasteiger partial charge >= 0.3 is 0 Å². The molecule has 1 aromatic carbocycles. The van der Waals surface area contributed by atoms with E-state index in [1.54, 1.807) is 12.4 Å². The number of hydrogen-bond acceptors (Lipinski definition) is 9. The predicted molar refractivity (Wildman–Crippen MR) is 144 cm³/mol. The third-order valence-electron chi connectivity index (χ3n) is 8.04. The number of rotatable bonds is 4. The summed E-state index contributed by atoms with van der Waals surface area (Å²) >= 11 is 8.07. The molecule has 0 radical (unpaired) electrons. The summed E-state index contributed by atoms with van der Waals surface area (Å²) in [7, 11) is 0. The van der Waals surface area contributed by atoms with Crippen LogP contribution >= 0.6 is 23.4 Å². The number of pyridine rings is 1. The zero-order valence-corrected chi connectivity index (χ0v) is 21.7. The van der Waals surface area contributed by atoms with Crippen LogP contribution in [0.15, 0.2) is 52.6 Å². The number of anilines is 2. The van der Waals surface area contributed by atoms with Crippen molar-refractivity contribution in [3.8, 4) is 0 Å². The van der Waals surface area contributed by atoms with Gasteiger partial charge in [-0.1, -0.05) is 47.6 Å². The number of imidazole rings is 1. The van der Waals surface area contributed by atoms with Crippen molar-refractivity contribution in [2.24, 2.45) is 11.1 Å². The quantitative estimate of drug-likeness (QED) is 0.361. The molecule has 3 aromatic heterocycles. The molecule has 4 aromatic rings. The van der Waals surface area contributed by atoms with Gasteiger partial charge in [0.05, 0.1) is 17.3 Å². The first-order valence-electron chi connectivity index (χ1n) is 12.6. The summed E-state index contributed by atoms with van der Waals surface area (Å²) in [6.45, 7) is 2.87. The summed E-state index contributed by atoms with van der Waals surface area (Å²) in [6.07, 6.45) is 6.24. The SMILES string of the molecule is N[C@@H]1c2ccccc2CC12CCN(c1nc3nc(Sc4ccnc(N5CC(O)C5)c4Cl)cnc3[nH]1)CC2. The Bertz CT molecular complexity index is 1480. The van der Waals surface area contributed by atoms with E-state index in [2.05, 4.69) is 44.1 Å². The minimum absolute atomic E-state index is 0.0936. The maximum absolute atomic E-state index is 9.62. The van der Waals surface area contributed by atoms with Crippen molar-refractivity contribution in [2.75, 3.05) is 36.0 Å². The average molecular weight is 535 g/mol. The van der Waals surface area contributed by atoms with Gasteiger partial charge in [0.1, 0.15) is 10.8 Å². The van der Waals surface area contributed by atoms with Crippen molar-refractivity contribution >= 4 is 46.4 Å². The number of piperidine rings is 1. The topological polar surface area (TPSA) is 120 Å². The summed E-state index contributed by atoms with van der Waals surface area (Å²) in [5.41, 5.74) is 10.8. The largest absolute Gasteiger partial charge is 0.389 e. The monoisotopic (exact) mass is 534 g/mol. The molecule has 4 N–H and O–H groups in total. The lowest BCUT2D eigenvalue weighted by Crippen LogP contribution is -2.51. The molecule has 0 unspecified atom stereocenters. The molecule has 2 saturated heterocycles. The predicted octanol–water partition coefficient (Wildman–Crippen LogP) is 3.58. The molecule has 9 nitrogen and oxygen atoms in total. The van der Waals surface area contributed by atoms with Crippen molar-refractivity contribution < 1.29 is 5.11 Å². The smallest absolute Gasteiger partial charge is 0.206 e. The second kappa shape index (κ2) is 8.83. The van der Waals surface area contributed by atoms with Crippen LogP contribution < -0.4 is 15.5 Å². The normalized spacial score (nSPS) is 21.0. The zero-order valence-electron chi connectivity index (χ0n) is 20.1. The maximum atomic E-state index is 9.62. The molecule has 1 atom stereocenters. The van der Waals surface area contributed by atoms with Gasteiger partial charge in [-0.2, -0.15) is 4.98 Å². The molecular weight excluding hydrogens is 508 g/mol. The summed E-state index contributed by atoms with van der Waals surface area (Å²) in [6, 6.07) is 10.6. The van der Waals surface area contributed by atoms with Crippen LogP contribution in [0, 0.1) is 5.41 Å². The van der Waals surface area contributed by atoms with E-state index in [0.717, 1.165) is 43.2 Å². The van der Waals surface area contributed by atoms with Crippen molar-refractivity contribution in [2.45, 2.75) is 41.3 Å². The highest BCUT2D eigenvalue weighted by Gasteiger charge is 2.46. The van der Waals surface area contributed by atoms with Crippen LogP contribution in [-0.2, 0) is 6.42 Å². The van der Waals surface area contributed by atoms with E-state index < -0.39 is 0 Å². The standard InChI is InChI=1S/C26H27ClN8OS/c27-20-18(5-8-29-24(20)35-13-16(36)14-35)37-19-12-30-22-23(31-19)33-25(32-22)34-9-6-26(7-10-34)11-15-3-1-2-4-17(15)21(26)28/h1-5,8,12,16,21,36H,6-7,9-11,13-14,28H2,(H,30,31,32,33)/t21-/m1/s1. The highest BCUT2D eigenvalue weighted by molar-refractivity contribution is 7.99. The second-order valence-electron chi connectivity index (χ2n) is 10.3. The van der Waals surface area contributed by atoms with Gasteiger partial charge in [0, 0.05) is 43.3 Å². The number of aromatic nitrogens is 5. The van der Waals surface area contributed by atoms with Crippen molar-refractivity contribution in [3.05, 3.63) is 58.9 Å². The molecule has 0 saturated carbocycles. The van der Waals surface area contributed by atoms with Crippen LogP contribution in [0.1, 0.15) is 30.0 Å². The van der Waals surface area contributed by atoms with E-state index in [1.165, 1.54) is 22.9 Å². The summed E-state index contributed by atoms with van der Waals surface area (Å²) in [4.78, 5) is 26.9. The first-order valence-corrected chi connectivity index (χ1v) is 13.7. The fourth-order valence-electron chi connectivity index (χ4n) is 5.89. The summed E-state index contributed by atoms with van der Waals surface area (Å²) in [5, 5.41) is 10.9. The zero-order chi connectivity index (χ0) is 25.1. The average Bonchev–Trinajstić information content (AvgIpc) is 3.43. The highest BCUT2D eigenvalue weighted by atomic mass is 35.5. The third kappa shape index (κ3) is 3.94. The second-order valence-corrected chi connectivity index (χ2v) is 11.7. The number of halogens is 1. The lowest BCUT2D eigenvalue weighted by Gasteiger charge is -2.42. The Morgan fingerprint density at radius 3 is 2.68 bits per heavy atom. The molecular formula is C26H27ClN8OS. The number of β-amino-alcohol motifs (C(OH)–C–C–N with tert-alkyl or cyclic N) is 1. The molecule has 37 heavy (non-hydrogen) atoms. The summed E-state index contributed by atoms with van der Waals surface area (Å²) < 4.78 is 0. The fourth-order valence-corrected chi connectivity index (χ4v) is 7.01. The van der Waals surface area contributed by atoms with E-state index in [0.29, 0.717) is 40.3 Å². The minimum atomic E-state index is -0.326. The van der Waals surface area contributed by atoms with E-state index in [-0.39, 0.29) is 17.6 Å². The Balaban J connectivity index is 1.07. The Morgan fingerprint density at radius 1 is 1.08 bits per heavy atom. The van der Waals surface area contributed by atoms with Gasteiger partial charge in [-0.15, -0.1) is 0 Å². The van der Waals surface area contributed by atoms with Crippen molar-refractivity contribution in [1.82, 2.24) is 24.9 Å². The van der Waals surface area contributed by atoms with Gasteiger partial charge in [0.15, 0.2) is 11.3 Å². The van der Waals surface area contributed by atoms with E-state index in [9.17, 15) is 5.11 Å². The molecule has 2 fully saturated rings. The number of H-pyrrole nitrogens is 1. The number of benzene rings is 1. The van der Waals surface area contributed by atoms with E-state index in [4.69, 9.17) is 27.3 Å². The number of nitrogens with two attached hydrogens (primary N) is 1. The van der Waals surface area contributed by atoms with Crippen LogP contribution in [-0.4, -0.2) is 62.3 Å². The van der Waals surface area contributed by atoms with Crippen LogP contribution in [0.2, 0.25) is 5.02 Å². The number of aliphatic hydroxyl groups excluding tert-OH is 1. The molecule has 11 heteroatoms. The molecule has 2 aliphatic heterocycles. The number of nitrogens with zero attached hydrogens (tertiary/aromatic N) is 6. The van der Waals surface area contributed by atoms with Gasteiger partial charge in [-0.25, -0.2) is 15.0 Å². The van der Waals surface area contributed by atoms with Gasteiger partial charge in [-0.05, 0) is 41.9 Å². The number of fused-ring (bicyclic) bond motifs is 2. The Labute approximate surface area is 223 Å². The van der Waals surface area contributed by atoms with Gasteiger partial charge in [0.2, 0.25) is 5.95 Å². The molecule has 7 rings (SSSR count). The maximum Gasteiger partial charge on any atom is 0.206 e. The van der Waals surface area contributed by atoms with Crippen LogP contribution in [0.5, 0.6) is 0 Å². The number of nitrogens with one attached hydrogen (secondary N) is 1. The van der Waals surface area contributed by atoms with Crippen LogP contribution in [0.25, 0.3) is 11.3 Å².